The Morgan fingerprint density at radius 2 is 2.05 bits per heavy atom. The molecular formula is C14H20F2N2S. The molecule has 2 rings (SSSR count). The second-order valence-corrected chi connectivity index (χ2v) is 6.13. The minimum atomic E-state index is -2.37. The number of anilines is 1. The molecule has 106 valence electrons. The van der Waals surface area contributed by atoms with E-state index in [1.165, 1.54) is 0 Å². The summed E-state index contributed by atoms with van der Waals surface area (Å²) in [6, 6.07) is 8.33. The third kappa shape index (κ3) is 4.08. The lowest BCUT2D eigenvalue weighted by Crippen LogP contribution is -2.37. The Kier molecular flexibility index (Phi) is 5.05. The fraction of sp³-hybridized carbons (Fsp3) is 0.571. The van der Waals surface area contributed by atoms with Gasteiger partial charge < -0.3 is 10.2 Å². The van der Waals surface area contributed by atoms with Crippen LogP contribution in [0.1, 0.15) is 20.3 Å². The van der Waals surface area contributed by atoms with Gasteiger partial charge in [0, 0.05) is 30.1 Å². The van der Waals surface area contributed by atoms with Crippen molar-refractivity contribution >= 4 is 17.4 Å². The molecule has 0 saturated carbocycles. The number of nitrogens with one attached hydrogen (secondary N) is 1. The first kappa shape index (κ1) is 14.6. The van der Waals surface area contributed by atoms with E-state index >= 15 is 0 Å². The van der Waals surface area contributed by atoms with Crippen molar-refractivity contribution in [1.29, 1.82) is 0 Å². The average Bonchev–Trinajstić information content (AvgIpc) is 2.76. The Hall–Kier alpha value is -0.810. The second-order valence-electron chi connectivity index (χ2n) is 5.10. The van der Waals surface area contributed by atoms with Gasteiger partial charge in [-0.15, -0.1) is 0 Å². The monoisotopic (exact) mass is 286 g/mol. The van der Waals surface area contributed by atoms with E-state index in [9.17, 15) is 8.78 Å². The fourth-order valence-electron chi connectivity index (χ4n) is 2.50. The minimum Gasteiger partial charge on any atom is -0.369 e. The number of alkyl halides is 2. The number of halogens is 2. The largest absolute Gasteiger partial charge is 0.369 e. The molecule has 1 aromatic rings. The Morgan fingerprint density at radius 3 is 2.74 bits per heavy atom. The Labute approximate surface area is 117 Å². The zero-order valence-electron chi connectivity index (χ0n) is 11.3. The molecule has 0 radical (unpaired) electrons. The number of benzene rings is 1. The van der Waals surface area contributed by atoms with E-state index in [1.54, 1.807) is 6.07 Å². The molecule has 1 aliphatic rings. The van der Waals surface area contributed by atoms with Gasteiger partial charge in [-0.25, -0.2) is 0 Å². The summed E-state index contributed by atoms with van der Waals surface area (Å²) in [5.74, 6) is -2.37. The quantitative estimate of drug-likeness (QED) is 0.833. The average molecular weight is 286 g/mol. The normalized spacial score (nSPS) is 19.7. The summed E-state index contributed by atoms with van der Waals surface area (Å²) in [4.78, 5) is 2.87. The van der Waals surface area contributed by atoms with Crippen molar-refractivity contribution in [2.45, 2.75) is 43.0 Å². The number of nitrogens with zero attached hydrogens (tertiary/aromatic N) is 1. The predicted octanol–water partition coefficient (Wildman–Crippen LogP) is 3.58. The summed E-state index contributed by atoms with van der Waals surface area (Å²) >= 11 is 0.632. The molecule has 0 aliphatic carbocycles. The summed E-state index contributed by atoms with van der Waals surface area (Å²) in [5, 5.41) is 3.51. The van der Waals surface area contributed by atoms with Crippen LogP contribution in [-0.4, -0.2) is 30.9 Å². The Bertz CT molecular complexity index is 412. The number of para-hydroxylation sites is 1. The van der Waals surface area contributed by atoms with E-state index in [2.05, 4.69) is 24.1 Å². The molecule has 1 aliphatic heterocycles. The molecule has 0 aromatic heterocycles. The SMILES string of the molecule is CC(C)NC1CCN(c2ccccc2SC(F)F)C1. The highest BCUT2D eigenvalue weighted by Gasteiger charge is 2.25. The first-order valence-electron chi connectivity index (χ1n) is 6.61. The van der Waals surface area contributed by atoms with Crippen molar-refractivity contribution in [1.82, 2.24) is 5.32 Å². The Morgan fingerprint density at radius 1 is 1.32 bits per heavy atom. The number of hydrogen-bond donors (Lipinski definition) is 1. The van der Waals surface area contributed by atoms with Crippen molar-refractivity contribution in [3.8, 4) is 0 Å². The summed E-state index contributed by atoms with van der Waals surface area (Å²) in [6.45, 7) is 6.07. The van der Waals surface area contributed by atoms with Gasteiger partial charge in [0.25, 0.3) is 5.76 Å². The second kappa shape index (κ2) is 6.57. The predicted molar refractivity (Wildman–Crippen MR) is 77.2 cm³/mol. The molecule has 1 unspecified atom stereocenters. The molecule has 5 heteroatoms. The molecule has 1 atom stereocenters. The maximum Gasteiger partial charge on any atom is 0.288 e. The molecule has 1 aromatic carbocycles. The van der Waals surface area contributed by atoms with Crippen molar-refractivity contribution in [3.05, 3.63) is 24.3 Å². The van der Waals surface area contributed by atoms with Crippen LogP contribution in [0.4, 0.5) is 14.5 Å². The maximum atomic E-state index is 12.6. The molecule has 19 heavy (non-hydrogen) atoms. The van der Waals surface area contributed by atoms with Gasteiger partial charge in [-0.1, -0.05) is 37.7 Å². The van der Waals surface area contributed by atoms with Crippen molar-refractivity contribution in [3.63, 3.8) is 0 Å². The fourth-order valence-corrected chi connectivity index (χ4v) is 3.17. The van der Waals surface area contributed by atoms with Crippen LogP contribution in [0, 0.1) is 0 Å². The minimum absolute atomic E-state index is 0.449. The molecule has 1 N–H and O–H groups in total. The summed E-state index contributed by atoms with van der Waals surface area (Å²) in [6.07, 6.45) is 1.06. The summed E-state index contributed by atoms with van der Waals surface area (Å²) in [5.41, 5.74) is 0.931. The lowest BCUT2D eigenvalue weighted by atomic mass is 10.2. The van der Waals surface area contributed by atoms with Crippen LogP contribution in [0.25, 0.3) is 0 Å². The molecule has 1 saturated heterocycles. The van der Waals surface area contributed by atoms with E-state index in [0.717, 1.165) is 25.2 Å². The third-order valence-electron chi connectivity index (χ3n) is 3.18. The smallest absolute Gasteiger partial charge is 0.288 e. The zero-order valence-corrected chi connectivity index (χ0v) is 12.1. The van der Waals surface area contributed by atoms with Crippen molar-refractivity contribution in [2.75, 3.05) is 18.0 Å². The first-order chi connectivity index (χ1) is 9.06. The number of hydrogen-bond acceptors (Lipinski definition) is 3. The molecule has 1 fully saturated rings. The van der Waals surface area contributed by atoms with Crippen LogP contribution in [0.2, 0.25) is 0 Å². The van der Waals surface area contributed by atoms with Crippen LogP contribution < -0.4 is 10.2 Å². The van der Waals surface area contributed by atoms with E-state index in [1.807, 2.05) is 18.2 Å². The number of rotatable bonds is 5. The van der Waals surface area contributed by atoms with E-state index in [-0.39, 0.29) is 0 Å². The third-order valence-corrected chi connectivity index (χ3v) is 3.96. The van der Waals surface area contributed by atoms with Gasteiger partial charge in [0.05, 0.1) is 5.69 Å². The Balaban J connectivity index is 2.06. The lowest BCUT2D eigenvalue weighted by Gasteiger charge is -2.22. The van der Waals surface area contributed by atoms with Crippen molar-refractivity contribution < 1.29 is 8.78 Å². The highest BCUT2D eigenvalue weighted by Crippen LogP contribution is 2.35. The van der Waals surface area contributed by atoms with Crippen LogP contribution in [0.15, 0.2) is 29.2 Å². The number of thioether (sulfide) groups is 1. The molecule has 0 amide bonds. The van der Waals surface area contributed by atoms with Crippen LogP contribution >= 0.6 is 11.8 Å². The van der Waals surface area contributed by atoms with E-state index in [4.69, 9.17) is 0 Å². The first-order valence-corrected chi connectivity index (χ1v) is 7.49. The van der Waals surface area contributed by atoms with Gasteiger partial charge in [-0.3, -0.25) is 0 Å². The topological polar surface area (TPSA) is 15.3 Å². The van der Waals surface area contributed by atoms with Gasteiger partial charge >= 0.3 is 0 Å². The van der Waals surface area contributed by atoms with Crippen LogP contribution in [0.3, 0.4) is 0 Å². The van der Waals surface area contributed by atoms with Gasteiger partial charge in [0.15, 0.2) is 0 Å². The van der Waals surface area contributed by atoms with Gasteiger partial charge in [0.2, 0.25) is 0 Å². The van der Waals surface area contributed by atoms with Crippen molar-refractivity contribution in [2.24, 2.45) is 0 Å². The molecule has 0 bridgehead atoms. The van der Waals surface area contributed by atoms with E-state index < -0.39 is 5.76 Å². The van der Waals surface area contributed by atoms with Gasteiger partial charge in [-0.2, -0.15) is 8.78 Å². The standard InChI is InChI=1S/C14H20F2N2S/c1-10(2)17-11-7-8-18(9-11)12-5-3-4-6-13(12)19-14(15)16/h3-6,10-11,14,17H,7-9H2,1-2H3. The highest BCUT2D eigenvalue weighted by molar-refractivity contribution is 7.99. The van der Waals surface area contributed by atoms with Crippen LogP contribution in [-0.2, 0) is 0 Å². The summed E-state index contributed by atoms with van der Waals surface area (Å²) in [7, 11) is 0. The van der Waals surface area contributed by atoms with Crippen LogP contribution in [0.5, 0.6) is 0 Å². The van der Waals surface area contributed by atoms with Gasteiger partial charge in [-0.05, 0) is 18.6 Å². The molecule has 0 spiro atoms. The van der Waals surface area contributed by atoms with E-state index in [0.29, 0.717) is 28.7 Å². The molecule has 2 nitrogen and oxygen atoms in total. The highest BCUT2D eigenvalue weighted by atomic mass is 32.2. The lowest BCUT2D eigenvalue weighted by molar-refractivity contribution is 0.252. The molecule has 1 heterocycles. The molecular weight excluding hydrogens is 266 g/mol. The van der Waals surface area contributed by atoms with Gasteiger partial charge in [0.1, 0.15) is 0 Å². The zero-order chi connectivity index (χ0) is 13.8. The summed E-state index contributed by atoms with van der Waals surface area (Å²) < 4.78 is 25.1. The maximum absolute atomic E-state index is 12.6.